The summed E-state index contributed by atoms with van der Waals surface area (Å²) >= 11 is 0. The molecule has 0 radical (unpaired) electrons. The summed E-state index contributed by atoms with van der Waals surface area (Å²) < 4.78 is 15.4. The zero-order valence-electron chi connectivity index (χ0n) is 10.1. The molecule has 0 atom stereocenters. The first-order valence-corrected chi connectivity index (χ1v) is 5.70. The van der Waals surface area contributed by atoms with E-state index in [0.717, 1.165) is 18.5 Å². The standard InChI is InChI=1S/C13H16FN3/c1-3-6-17-8-16-12(13(17)15)10-5-4-9(2)11(14)7-10/h4-5,7-8H,3,6,15H2,1-2H3. The monoisotopic (exact) mass is 233 g/mol. The molecule has 0 aliphatic carbocycles. The summed E-state index contributed by atoms with van der Waals surface area (Å²) in [6.07, 6.45) is 2.69. The first kappa shape index (κ1) is 11.6. The fourth-order valence-corrected chi connectivity index (χ4v) is 1.77. The van der Waals surface area contributed by atoms with Crippen molar-refractivity contribution in [2.24, 2.45) is 0 Å². The van der Waals surface area contributed by atoms with E-state index in [1.807, 2.05) is 10.6 Å². The van der Waals surface area contributed by atoms with Gasteiger partial charge in [0.15, 0.2) is 0 Å². The third-order valence-corrected chi connectivity index (χ3v) is 2.79. The molecule has 0 aliphatic rings. The molecule has 1 aromatic carbocycles. The molecule has 1 aromatic heterocycles. The third-order valence-electron chi connectivity index (χ3n) is 2.79. The van der Waals surface area contributed by atoms with Gasteiger partial charge in [-0.15, -0.1) is 0 Å². The van der Waals surface area contributed by atoms with Crippen molar-refractivity contribution in [3.8, 4) is 11.3 Å². The second kappa shape index (κ2) is 4.57. The Morgan fingerprint density at radius 2 is 2.18 bits per heavy atom. The van der Waals surface area contributed by atoms with Gasteiger partial charge in [-0.2, -0.15) is 0 Å². The average molecular weight is 233 g/mol. The van der Waals surface area contributed by atoms with E-state index in [0.29, 0.717) is 17.1 Å². The summed E-state index contributed by atoms with van der Waals surface area (Å²) in [7, 11) is 0. The van der Waals surface area contributed by atoms with Crippen LogP contribution in [0.3, 0.4) is 0 Å². The van der Waals surface area contributed by atoms with Crippen LogP contribution in [0.4, 0.5) is 10.2 Å². The SMILES string of the molecule is CCCn1cnc(-c2ccc(C)c(F)c2)c1N. The average Bonchev–Trinajstić information content (AvgIpc) is 2.66. The number of benzene rings is 1. The van der Waals surface area contributed by atoms with Gasteiger partial charge in [-0.1, -0.05) is 19.1 Å². The van der Waals surface area contributed by atoms with Crippen LogP contribution in [-0.2, 0) is 6.54 Å². The van der Waals surface area contributed by atoms with Crippen LogP contribution in [0.2, 0.25) is 0 Å². The van der Waals surface area contributed by atoms with Gasteiger partial charge in [0.1, 0.15) is 17.3 Å². The Balaban J connectivity index is 2.42. The summed E-state index contributed by atoms with van der Waals surface area (Å²) in [5.74, 6) is 0.363. The molecule has 0 spiro atoms. The molecule has 0 bridgehead atoms. The van der Waals surface area contributed by atoms with Gasteiger partial charge < -0.3 is 10.3 Å². The Labute approximate surface area is 100 Å². The van der Waals surface area contributed by atoms with Crippen LogP contribution in [0.25, 0.3) is 11.3 Å². The number of nitrogen functional groups attached to an aromatic ring is 1. The fraction of sp³-hybridized carbons (Fsp3) is 0.308. The van der Waals surface area contributed by atoms with E-state index in [2.05, 4.69) is 11.9 Å². The van der Waals surface area contributed by atoms with E-state index in [1.165, 1.54) is 6.07 Å². The van der Waals surface area contributed by atoms with Gasteiger partial charge in [-0.3, -0.25) is 0 Å². The fourth-order valence-electron chi connectivity index (χ4n) is 1.77. The molecule has 2 N–H and O–H groups in total. The van der Waals surface area contributed by atoms with Crippen LogP contribution in [0, 0.1) is 12.7 Å². The van der Waals surface area contributed by atoms with Crippen molar-refractivity contribution in [2.45, 2.75) is 26.8 Å². The zero-order valence-corrected chi connectivity index (χ0v) is 10.1. The Hall–Kier alpha value is -1.84. The first-order valence-electron chi connectivity index (χ1n) is 5.70. The molecule has 90 valence electrons. The second-order valence-corrected chi connectivity index (χ2v) is 4.14. The highest BCUT2D eigenvalue weighted by molar-refractivity contribution is 5.70. The molecule has 2 rings (SSSR count). The van der Waals surface area contributed by atoms with Gasteiger partial charge in [0.25, 0.3) is 0 Å². The van der Waals surface area contributed by atoms with Crippen molar-refractivity contribution in [2.75, 3.05) is 5.73 Å². The van der Waals surface area contributed by atoms with E-state index in [4.69, 9.17) is 5.73 Å². The number of nitrogens with zero attached hydrogens (tertiary/aromatic N) is 2. The van der Waals surface area contributed by atoms with Gasteiger partial charge in [-0.25, -0.2) is 9.37 Å². The highest BCUT2D eigenvalue weighted by Crippen LogP contribution is 2.25. The minimum absolute atomic E-state index is 0.230. The molecular weight excluding hydrogens is 217 g/mol. The molecule has 1 heterocycles. The van der Waals surface area contributed by atoms with E-state index in [1.54, 1.807) is 19.3 Å². The maximum atomic E-state index is 13.5. The van der Waals surface area contributed by atoms with Crippen LogP contribution in [0.15, 0.2) is 24.5 Å². The van der Waals surface area contributed by atoms with Crippen molar-refractivity contribution in [3.63, 3.8) is 0 Å². The van der Waals surface area contributed by atoms with Gasteiger partial charge in [0, 0.05) is 12.1 Å². The summed E-state index contributed by atoms with van der Waals surface area (Å²) in [4.78, 5) is 4.25. The predicted octanol–water partition coefficient (Wildman–Crippen LogP) is 2.99. The smallest absolute Gasteiger partial charge is 0.131 e. The quantitative estimate of drug-likeness (QED) is 0.885. The maximum absolute atomic E-state index is 13.5. The molecule has 0 fully saturated rings. The third kappa shape index (κ3) is 2.16. The van der Waals surface area contributed by atoms with Crippen molar-refractivity contribution in [3.05, 3.63) is 35.9 Å². The minimum Gasteiger partial charge on any atom is -0.383 e. The molecule has 17 heavy (non-hydrogen) atoms. The molecule has 2 aromatic rings. The van der Waals surface area contributed by atoms with Crippen LogP contribution in [0.1, 0.15) is 18.9 Å². The summed E-state index contributed by atoms with van der Waals surface area (Å²) in [5, 5.41) is 0. The normalized spacial score (nSPS) is 10.8. The highest BCUT2D eigenvalue weighted by atomic mass is 19.1. The summed E-state index contributed by atoms with van der Waals surface area (Å²) in [5.41, 5.74) is 7.99. The van der Waals surface area contributed by atoms with Gasteiger partial charge in [0.05, 0.1) is 6.33 Å². The Morgan fingerprint density at radius 1 is 1.41 bits per heavy atom. The predicted molar refractivity (Wildman–Crippen MR) is 67.1 cm³/mol. The Kier molecular flexibility index (Phi) is 3.13. The summed E-state index contributed by atoms with van der Waals surface area (Å²) in [6, 6.07) is 5.06. The van der Waals surface area contributed by atoms with Crippen molar-refractivity contribution in [1.82, 2.24) is 9.55 Å². The van der Waals surface area contributed by atoms with Crippen molar-refractivity contribution in [1.29, 1.82) is 0 Å². The molecule has 3 nitrogen and oxygen atoms in total. The number of aryl methyl sites for hydroxylation is 2. The van der Waals surface area contributed by atoms with Gasteiger partial charge >= 0.3 is 0 Å². The van der Waals surface area contributed by atoms with Crippen LogP contribution < -0.4 is 5.73 Å². The lowest BCUT2D eigenvalue weighted by Crippen LogP contribution is -2.01. The number of imidazole rings is 1. The van der Waals surface area contributed by atoms with E-state index in [9.17, 15) is 4.39 Å². The molecule has 4 heteroatoms. The van der Waals surface area contributed by atoms with Crippen LogP contribution in [0.5, 0.6) is 0 Å². The molecule has 0 unspecified atom stereocenters. The first-order chi connectivity index (χ1) is 8.13. The van der Waals surface area contributed by atoms with Gasteiger partial charge in [-0.05, 0) is 25.0 Å². The molecule has 0 amide bonds. The number of hydrogen-bond acceptors (Lipinski definition) is 2. The van der Waals surface area contributed by atoms with E-state index in [-0.39, 0.29) is 5.82 Å². The molecular formula is C13H16FN3. The number of aromatic nitrogens is 2. The number of nitrogens with two attached hydrogens (primary N) is 1. The number of anilines is 1. The maximum Gasteiger partial charge on any atom is 0.131 e. The topological polar surface area (TPSA) is 43.8 Å². The molecule has 0 saturated heterocycles. The minimum atomic E-state index is -0.230. The molecule has 0 saturated carbocycles. The zero-order chi connectivity index (χ0) is 12.4. The van der Waals surface area contributed by atoms with Gasteiger partial charge in [0.2, 0.25) is 0 Å². The Morgan fingerprint density at radius 3 is 2.82 bits per heavy atom. The number of rotatable bonds is 3. The second-order valence-electron chi connectivity index (χ2n) is 4.14. The Bertz CT molecular complexity index is 531. The van der Waals surface area contributed by atoms with E-state index >= 15 is 0 Å². The molecule has 0 aliphatic heterocycles. The van der Waals surface area contributed by atoms with Crippen molar-refractivity contribution >= 4 is 5.82 Å². The van der Waals surface area contributed by atoms with Crippen LogP contribution in [-0.4, -0.2) is 9.55 Å². The van der Waals surface area contributed by atoms with Crippen molar-refractivity contribution < 1.29 is 4.39 Å². The summed E-state index contributed by atoms with van der Waals surface area (Å²) in [6.45, 7) is 4.63. The van der Waals surface area contributed by atoms with Crippen LogP contribution >= 0.6 is 0 Å². The largest absolute Gasteiger partial charge is 0.383 e. The van der Waals surface area contributed by atoms with E-state index < -0.39 is 0 Å². The lowest BCUT2D eigenvalue weighted by Gasteiger charge is -2.04. The lowest BCUT2D eigenvalue weighted by molar-refractivity contribution is 0.619. The lowest BCUT2D eigenvalue weighted by atomic mass is 10.1. The number of halogens is 1. The highest BCUT2D eigenvalue weighted by Gasteiger charge is 2.10. The number of hydrogen-bond donors (Lipinski definition) is 1.